The Bertz CT molecular complexity index is 1890. The quantitative estimate of drug-likeness (QED) is 0.0742. The van der Waals surface area contributed by atoms with E-state index in [4.69, 9.17) is 9.47 Å². The number of nitro benzene ring substituents is 1. The summed E-state index contributed by atoms with van der Waals surface area (Å²) < 4.78 is 47.0. The number of methoxy groups -OCH3 is 1. The molecular formula is C32H36N6O14S. The topological polar surface area (TPSA) is 269 Å². The van der Waals surface area contributed by atoms with Crippen LogP contribution in [0.15, 0.2) is 58.5 Å². The number of non-ortho nitro benzene ring substituents is 1. The van der Waals surface area contributed by atoms with E-state index in [1.165, 1.54) is 76.4 Å². The molecule has 0 atom stereocenters. The monoisotopic (exact) mass is 760 g/mol. The summed E-state index contributed by atoms with van der Waals surface area (Å²) in [6.45, 7) is 2.98. The van der Waals surface area contributed by atoms with E-state index in [0.717, 1.165) is 4.31 Å². The lowest BCUT2D eigenvalue weighted by Gasteiger charge is -2.29. The van der Waals surface area contributed by atoms with Crippen molar-refractivity contribution in [2.24, 2.45) is 21.8 Å². The van der Waals surface area contributed by atoms with Gasteiger partial charge in [0.25, 0.3) is 23.4 Å². The third-order valence-electron chi connectivity index (χ3n) is 7.29. The highest BCUT2D eigenvalue weighted by molar-refractivity contribution is 7.87. The highest BCUT2D eigenvalue weighted by atomic mass is 32.2. The number of amides is 4. The summed E-state index contributed by atoms with van der Waals surface area (Å²) in [5.74, 6) is -4.43. The summed E-state index contributed by atoms with van der Waals surface area (Å²) in [5.41, 5.74) is -0.000103. The Morgan fingerprint density at radius 2 is 1.58 bits per heavy atom. The van der Waals surface area contributed by atoms with Gasteiger partial charge in [-0.15, -0.1) is 0 Å². The van der Waals surface area contributed by atoms with Crippen molar-refractivity contribution >= 4 is 68.9 Å². The lowest BCUT2D eigenvalue weighted by molar-refractivity contribution is -0.384. The molecule has 53 heavy (non-hydrogen) atoms. The van der Waals surface area contributed by atoms with Gasteiger partial charge in [-0.1, -0.05) is 26.0 Å². The zero-order valence-electron chi connectivity index (χ0n) is 28.9. The number of carbonyl (C=O) groups excluding carboxylic acids is 6. The van der Waals surface area contributed by atoms with Gasteiger partial charge in [0.05, 0.1) is 18.0 Å². The van der Waals surface area contributed by atoms with Crippen molar-refractivity contribution in [2.75, 3.05) is 32.1 Å². The van der Waals surface area contributed by atoms with E-state index in [1.54, 1.807) is 4.72 Å². The number of nitrogens with zero attached hydrogens (tertiary/aromatic N) is 4. The zero-order chi connectivity index (χ0) is 39.3. The number of carbonyl (C=O) groups is 6. The Kier molecular flexibility index (Phi) is 14.8. The Morgan fingerprint density at radius 1 is 0.962 bits per heavy atom. The maximum absolute atomic E-state index is 12.8. The second-order valence-corrected chi connectivity index (χ2v) is 13.1. The first-order valence-corrected chi connectivity index (χ1v) is 17.2. The van der Waals surface area contributed by atoms with Gasteiger partial charge in [0.1, 0.15) is 23.8 Å². The van der Waals surface area contributed by atoms with E-state index in [1.807, 2.05) is 0 Å². The molecule has 2 aromatic rings. The lowest BCUT2D eigenvalue weighted by atomic mass is 9.99. The predicted molar refractivity (Wildman–Crippen MR) is 184 cm³/mol. The lowest BCUT2D eigenvalue weighted by Crippen LogP contribution is -2.48. The van der Waals surface area contributed by atoms with Gasteiger partial charge in [-0.3, -0.25) is 29.3 Å². The van der Waals surface area contributed by atoms with Crippen LogP contribution in [-0.2, 0) is 50.2 Å². The summed E-state index contributed by atoms with van der Waals surface area (Å²) in [7, 11) is -3.11. The van der Waals surface area contributed by atoms with Crippen LogP contribution in [0.5, 0.6) is 5.75 Å². The molecular weight excluding hydrogens is 724 g/mol. The van der Waals surface area contributed by atoms with E-state index >= 15 is 0 Å². The molecule has 1 aliphatic heterocycles. The van der Waals surface area contributed by atoms with Crippen LogP contribution >= 0.6 is 0 Å². The number of hydrogen-bond acceptors (Lipinski definition) is 14. The van der Waals surface area contributed by atoms with Crippen LogP contribution in [0.4, 0.5) is 21.0 Å². The number of aliphatic imine (C=N–C) groups is 2. The molecule has 2 N–H and O–H groups in total. The van der Waals surface area contributed by atoms with Gasteiger partial charge < -0.3 is 24.3 Å². The second kappa shape index (κ2) is 18.9. The zero-order valence-corrected chi connectivity index (χ0v) is 29.7. The molecule has 0 aromatic heterocycles. The average Bonchev–Trinajstić information content (AvgIpc) is 3.12. The minimum absolute atomic E-state index is 0.0454. The van der Waals surface area contributed by atoms with E-state index in [0.29, 0.717) is 11.3 Å². The van der Waals surface area contributed by atoms with Crippen molar-refractivity contribution in [1.82, 2.24) is 9.03 Å². The average molecular weight is 761 g/mol. The first-order chi connectivity index (χ1) is 25.0. The molecule has 0 bridgehead atoms. The van der Waals surface area contributed by atoms with Crippen LogP contribution in [0, 0.1) is 22.0 Å². The van der Waals surface area contributed by atoms with Crippen molar-refractivity contribution in [2.45, 2.75) is 40.2 Å². The third-order valence-corrected chi connectivity index (χ3v) is 8.76. The van der Waals surface area contributed by atoms with Crippen LogP contribution < -0.4 is 14.8 Å². The van der Waals surface area contributed by atoms with Crippen LogP contribution in [0.2, 0.25) is 0 Å². The molecule has 1 saturated heterocycles. The molecule has 0 aliphatic carbocycles. The van der Waals surface area contributed by atoms with Crippen LogP contribution in [-0.4, -0.2) is 91.8 Å². The Morgan fingerprint density at radius 3 is 2.15 bits per heavy atom. The highest BCUT2D eigenvalue weighted by Crippen LogP contribution is 2.21. The van der Waals surface area contributed by atoms with E-state index in [-0.39, 0.29) is 55.4 Å². The molecule has 21 heteroatoms. The summed E-state index contributed by atoms with van der Waals surface area (Å²) >= 11 is 0. The Hall–Kier alpha value is -6.09. The van der Waals surface area contributed by atoms with Crippen LogP contribution in [0.25, 0.3) is 0 Å². The Balaban J connectivity index is 1.48. The molecule has 3 rings (SSSR count). The van der Waals surface area contributed by atoms with Gasteiger partial charge in [0.2, 0.25) is 0 Å². The number of nitro groups is 1. The minimum atomic E-state index is -4.34. The molecule has 0 spiro atoms. The van der Waals surface area contributed by atoms with Crippen molar-refractivity contribution in [3.8, 4) is 5.75 Å². The molecule has 1 fully saturated rings. The van der Waals surface area contributed by atoms with Crippen LogP contribution in [0.3, 0.4) is 0 Å². The van der Waals surface area contributed by atoms with Gasteiger partial charge in [0.15, 0.2) is 6.61 Å². The van der Waals surface area contributed by atoms with Crippen molar-refractivity contribution in [1.29, 1.82) is 0 Å². The van der Waals surface area contributed by atoms with Crippen LogP contribution in [0.1, 0.15) is 39.2 Å². The molecule has 0 unspecified atom stereocenters. The number of piperidine rings is 1. The highest BCUT2D eigenvalue weighted by Gasteiger charge is 2.33. The summed E-state index contributed by atoms with van der Waals surface area (Å²) in [4.78, 5) is 91.2. The van der Waals surface area contributed by atoms with Gasteiger partial charge in [-0.25, -0.2) is 24.3 Å². The minimum Gasteiger partial charge on any atom is -0.469 e. The summed E-state index contributed by atoms with van der Waals surface area (Å²) in [6, 6.07) is 10.9. The van der Waals surface area contributed by atoms with E-state index in [9.17, 15) is 47.3 Å². The SMILES string of the molecule is COC(=O)C1CCN(S(=O)(=O)NC(=O)OCC(=O)N=C(C(=O)N=C(C)C(=O)Nc2ccc(COC(=O)Oc3ccc([N+](=O)[O-])cc3)cc2)C(C)C)CC1. The predicted octanol–water partition coefficient (Wildman–Crippen LogP) is 2.72. The van der Waals surface area contributed by atoms with Crippen molar-refractivity contribution in [3.05, 3.63) is 64.2 Å². The van der Waals surface area contributed by atoms with Gasteiger partial charge >= 0.3 is 28.4 Å². The van der Waals surface area contributed by atoms with E-state index < -0.39 is 69.5 Å². The normalized spacial score (nSPS) is 14.1. The molecule has 1 aliphatic rings. The Labute approximate surface area is 302 Å². The largest absolute Gasteiger partial charge is 0.514 e. The first kappa shape index (κ1) is 41.3. The molecule has 2 aromatic carbocycles. The second-order valence-electron chi connectivity index (χ2n) is 11.5. The number of rotatable bonds is 13. The fourth-order valence-electron chi connectivity index (χ4n) is 4.49. The number of ether oxygens (including phenoxy) is 4. The van der Waals surface area contributed by atoms with Gasteiger partial charge in [0, 0.05) is 36.8 Å². The smallest absolute Gasteiger partial charge is 0.469 e. The van der Waals surface area contributed by atoms with Gasteiger partial charge in [-0.05, 0) is 49.6 Å². The number of nitrogens with one attached hydrogen (secondary N) is 2. The fraction of sp³-hybridized carbons (Fsp3) is 0.375. The maximum atomic E-state index is 12.8. The molecule has 1 heterocycles. The van der Waals surface area contributed by atoms with Gasteiger partial charge in [-0.2, -0.15) is 12.7 Å². The van der Waals surface area contributed by atoms with Crippen molar-refractivity contribution < 1.29 is 61.1 Å². The summed E-state index contributed by atoms with van der Waals surface area (Å²) in [6.07, 6.45) is -2.14. The molecule has 0 saturated carbocycles. The van der Waals surface area contributed by atoms with E-state index in [2.05, 4.69) is 24.8 Å². The maximum Gasteiger partial charge on any atom is 0.514 e. The number of anilines is 1. The number of esters is 1. The standard InChI is InChI=1S/C32H36N6O14S/c1-19(2)27(35-26(39)18-50-31(43)36-53(47,48)37-15-13-22(14-16-37)30(42)49-4)29(41)33-20(3)28(40)34-23-7-5-21(6-8-23)17-51-32(44)52-25-11-9-24(10-12-25)38(45)46/h5-12,19,22H,13-18H2,1-4H3,(H,34,40)(H,36,43). The molecule has 20 nitrogen and oxygen atoms in total. The molecule has 4 amide bonds. The number of benzene rings is 2. The third kappa shape index (κ3) is 12.9. The summed E-state index contributed by atoms with van der Waals surface area (Å²) in [5, 5.41) is 13.3. The number of hydrogen-bond donors (Lipinski definition) is 2. The van der Waals surface area contributed by atoms with Crippen molar-refractivity contribution in [3.63, 3.8) is 0 Å². The molecule has 284 valence electrons. The molecule has 0 radical (unpaired) electrons. The fourth-order valence-corrected chi connectivity index (χ4v) is 5.58. The first-order valence-electron chi connectivity index (χ1n) is 15.7.